The van der Waals surface area contributed by atoms with E-state index in [2.05, 4.69) is 0 Å². The molecule has 17 heavy (non-hydrogen) atoms. The predicted octanol–water partition coefficient (Wildman–Crippen LogP) is -0.379. The number of ether oxygens (including phenoxy) is 4. The van der Waals surface area contributed by atoms with Gasteiger partial charge >= 0.3 is 0 Å². The van der Waals surface area contributed by atoms with Crippen LogP contribution in [-0.2, 0) is 18.9 Å². The zero-order valence-corrected chi connectivity index (χ0v) is 10.3. The molecule has 0 aromatic carbocycles. The van der Waals surface area contributed by atoms with E-state index in [0.29, 0.717) is 6.61 Å². The SMILES string of the molecule is CCO[C@@H]1O[C@H](CO)[C@@H]2OC(C)(C)O[C@@H]2[C@H]1O. The van der Waals surface area contributed by atoms with E-state index in [1.807, 2.05) is 6.92 Å². The third-order valence-electron chi connectivity index (χ3n) is 2.97. The van der Waals surface area contributed by atoms with E-state index >= 15 is 0 Å². The fourth-order valence-electron chi connectivity index (χ4n) is 2.30. The molecular formula is C11H20O6. The molecule has 0 radical (unpaired) electrons. The molecule has 0 spiro atoms. The van der Waals surface area contributed by atoms with Gasteiger partial charge in [0.05, 0.1) is 6.61 Å². The third-order valence-corrected chi connectivity index (χ3v) is 2.97. The second kappa shape index (κ2) is 4.79. The first-order valence-corrected chi connectivity index (χ1v) is 5.90. The molecule has 2 heterocycles. The summed E-state index contributed by atoms with van der Waals surface area (Å²) in [6.07, 6.45) is -3.24. The average Bonchev–Trinajstić information content (AvgIpc) is 2.59. The maximum absolute atomic E-state index is 10.1. The van der Waals surface area contributed by atoms with Crippen molar-refractivity contribution in [2.24, 2.45) is 0 Å². The van der Waals surface area contributed by atoms with Crippen LogP contribution in [0.15, 0.2) is 0 Å². The monoisotopic (exact) mass is 248 g/mol. The Morgan fingerprint density at radius 2 is 1.88 bits per heavy atom. The summed E-state index contributed by atoms with van der Waals surface area (Å²) < 4.78 is 22.0. The van der Waals surface area contributed by atoms with Gasteiger partial charge in [-0.1, -0.05) is 0 Å². The summed E-state index contributed by atoms with van der Waals surface area (Å²) in [6.45, 7) is 5.56. The van der Waals surface area contributed by atoms with Crippen LogP contribution in [0.5, 0.6) is 0 Å². The van der Waals surface area contributed by atoms with Gasteiger partial charge in [0.25, 0.3) is 0 Å². The van der Waals surface area contributed by atoms with Crippen molar-refractivity contribution in [1.82, 2.24) is 0 Å². The van der Waals surface area contributed by atoms with Gasteiger partial charge in [-0.05, 0) is 20.8 Å². The Morgan fingerprint density at radius 1 is 1.24 bits per heavy atom. The van der Waals surface area contributed by atoms with Crippen LogP contribution in [0, 0.1) is 0 Å². The van der Waals surface area contributed by atoms with Crippen LogP contribution in [0.3, 0.4) is 0 Å². The predicted molar refractivity (Wildman–Crippen MR) is 57.2 cm³/mol. The summed E-state index contributed by atoms with van der Waals surface area (Å²) in [5, 5.41) is 19.4. The molecule has 5 atom stereocenters. The standard InChI is InChI=1S/C11H20O6/c1-4-14-10-7(13)9-8(6(5-12)15-10)16-11(2,3)17-9/h6-10,12-13H,4-5H2,1-3H3/t6-,7-,8+,9-,10-/m1/s1. The summed E-state index contributed by atoms with van der Waals surface area (Å²) in [6, 6.07) is 0. The largest absolute Gasteiger partial charge is 0.394 e. The molecule has 0 aliphatic carbocycles. The van der Waals surface area contributed by atoms with Gasteiger partial charge in [-0.15, -0.1) is 0 Å². The molecule has 2 aliphatic heterocycles. The molecule has 0 saturated carbocycles. The topological polar surface area (TPSA) is 77.4 Å². The van der Waals surface area contributed by atoms with Gasteiger partial charge in [-0.3, -0.25) is 0 Å². The zero-order valence-electron chi connectivity index (χ0n) is 10.3. The molecule has 0 aromatic heterocycles. The smallest absolute Gasteiger partial charge is 0.186 e. The molecule has 6 heteroatoms. The summed E-state index contributed by atoms with van der Waals surface area (Å²) in [4.78, 5) is 0. The van der Waals surface area contributed by atoms with Crippen LogP contribution in [0.1, 0.15) is 20.8 Å². The molecule has 100 valence electrons. The molecule has 2 fully saturated rings. The van der Waals surface area contributed by atoms with E-state index in [1.54, 1.807) is 13.8 Å². The Bertz CT molecular complexity index is 269. The Labute approximate surface area is 100 Å². The minimum Gasteiger partial charge on any atom is -0.394 e. The number of rotatable bonds is 3. The maximum atomic E-state index is 10.1. The highest BCUT2D eigenvalue weighted by molar-refractivity contribution is 4.96. The Morgan fingerprint density at radius 3 is 2.47 bits per heavy atom. The molecule has 2 N–H and O–H groups in total. The molecule has 2 rings (SSSR count). The van der Waals surface area contributed by atoms with Crippen molar-refractivity contribution in [1.29, 1.82) is 0 Å². The van der Waals surface area contributed by atoms with Gasteiger partial charge < -0.3 is 29.2 Å². The first kappa shape index (κ1) is 13.2. The van der Waals surface area contributed by atoms with Crippen LogP contribution in [0.4, 0.5) is 0 Å². The molecular weight excluding hydrogens is 228 g/mol. The highest BCUT2D eigenvalue weighted by Crippen LogP contribution is 2.37. The van der Waals surface area contributed by atoms with Gasteiger partial charge in [0.15, 0.2) is 12.1 Å². The van der Waals surface area contributed by atoms with Gasteiger partial charge in [-0.25, -0.2) is 0 Å². The average molecular weight is 248 g/mol. The Hall–Kier alpha value is -0.240. The fraction of sp³-hybridized carbons (Fsp3) is 1.00. The van der Waals surface area contributed by atoms with Crippen molar-refractivity contribution < 1.29 is 29.2 Å². The van der Waals surface area contributed by atoms with E-state index in [0.717, 1.165) is 0 Å². The quantitative estimate of drug-likeness (QED) is 0.709. The van der Waals surface area contributed by atoms with E-state index < -0.39 is 36.5 Å². The van der Waals surface area contributed by atoms with Crippen LogP contribution >= 0.6 is 0 Å². The van der Waals surface area contributed by atoms with Gasteiger partial charge in [0.2, 0.25) is 0 Å². The van der Waals surface area contributed by atoms with E-state index in [9.17, 15) is 10.2 Å². The molecule has 6 nitrogen and oxygen atoms in total. The highest BCUT2D eigenvalue weighted by Gasteiger charge is 2.54. The fourth-order valence-corrected chi connectivity index (χ4v) is 2.30. The van der Waals surface area contributed by atoms with Crippen LogP contribution in [0.25, 0.3) is 0 Å². The normalized spacial score (nSPS) is 44.6. The van der Waals surface area contributed by atoms with Crippen LogP contribution in [-0.4, -0.2) is 59.9 Å². The minimum atomic E-state index is -0.912. The van der Waals surface area contributed by atoms with Crippen LogP contribution < -0.4 is 0 Å². The molecule has 0 amide bonds. The van der Waals surface area contributed by atoms with Crippen molar-refractivity contribution in [2.45, 2.75) is 57.3 Å². The van der Waals surface area contributed by atoms with Crippen molar-refractivity contribution >= 4 is 0 Å². The lowest BCUT2D eigenvalue weighted by Crippen LogP contribution is -2.57. The summed E-state index contributed by atoms with van der Waals surface area (Å²) in [5.41, 5.74) is 0. The first-order valence-electron chi connectivity index (χ1n) is 5.90. The zero-order chi connectivity index (χ0) is 12.6. The Kier molecular flexibility index (Phi) is 3.72. The number of hydrogen-bond donors (Lipinski definition) is 2. The number of aliphatic hydroxyl groups is 2. The number of hydrogen-bond acceptors (Lipinski definition) is 6. The lowest BCUT2D eigenvalue weighted by Gasteiger charge is -2.38. The second-order valence-corrected chi connectivity index (χ2v) is 4.74. The van der Waals surface area contributed by atoms with E-state index in [1.165, 1.54) is 0 Å². The summed E-state index contributed by atoms with van der Waals surface area (Å²) >= 11 is 0. The minimum absolute atomic E-state index is 0.198. The van der Waals surface area contributed by atoms with Crippen molar-refractivity contribution in [3.8, 4) is 0 Å². The highest BCUT2D eigenvalue weighted by atomic mass is 16.8. The van der Waals surface area contributed by atoms with Crippen LogP contribution in [0.2, 0.25) is 0 Å². The molecule has 2 aliphatic rings. The lowest BCUT2D eigenvalue weighted by molar-refractivity contribution is -0.280. The second-order valence-electron chi connectivity index (χ2n) is 4.74. The lowest BCUT2D eigenvalue weighted by atomic mass is 9.99. The van der Waals surface area contributed by atoms with Crippen molar-refractivity contribution in [2.75, 3.05) is 13.2 Å². The Balaban J connectivity index is 2.14. The van der Waals surface area contributed by atoms with Gasteiger partial charge in [0.1, 0.15) is 24.4 Å². The number of fused-ring (bicyclic) bond motifs is 1. The van der Waals surface area contributed by atoms with E-state index in [-0.39, 0.29) is 6.61 Å². The van der Waals surface area contributed by atoms with Gasteiger partial charge in [0, 0.05) is 6.61 Å². The molecule has 0 unspecified atom stereocenters. The van der Waals surface area contributed by atoms with Crippen molar-refractivity contribution in [3.63, 3.8) is 0 Å². The molecule has 0 aromatic rings. The van der Waals surface area contributed by atoms with E-state index in [4.69, 9.17) is 18.9 Å². The summed E-state index contributed by atoms with van der Waals surface area (Å²) in [7, 11) is 0. The first-order chi connectivity index (χ1) is 7.98. The summed E-state index contributed by atoms with van der Waals surface area (Å²) in [5.74, 6) is -0.784. The molecule has 0 bridgehead atoms. The maximum Gasteiger partial charge on any atom is 0.186 e. The van der Waals surface area contributed by atoms with Gasteiger partial charge in [-0.2, -0.15) is 0 Å². The van der Waals surface area contributed by atoms with Crippen molar-refractivity contribution in [3.05, 3.63) is 0 Å². The number of aliphatic hydroxyl groups excluding tert-OH is 2. The molecule has 2 saturated heterocycles. The third kappa shape index (κ3) is 2.47.